The molecule has 1 aliphatic heterocycles. The van der Waals surface area contributed by atoms with E-state index in [1.165, 1.54) is 17.1 Å². The number of hydrogen-bond donors (Lipinski definition) is 0. The molecule has 0 N–H and O–H groups in total. The Morgan fingerprint density at radius 2 is 1.72 bits per heavy atom. The summed E-state index contributed by atoms with van der Waals surface area (Å²) in [6, 6.07) is 6.94. The van der Waals surface area contributed by atoms with Crippen molar-refractivity contribution < 1.29 is 28.8 Å². The third-order valence-corrected chi connectivity index (χ3v) is 4.02. The molecule has 1 aromatic carbocycles. The highest BCUT2D eigenvalue weighted by Crippen LogP contribution is 2.18. The van der Waals surface area contributed by atoms with E-state index in [2.05, 4.69) is 5.10 Å². The second-order valence-corrected chi connectivity index (χ2v) is 7.55. The molecule has 0 bridgehead atoms. The molecule has 29 heavy (non-hydrogen) atoms. The molecule has 0 spiro atoms. The molecule has 2 aromatic rings. The smallest absolute Gasteiger partial charge is 0.367 e. The number of rotatable bonds is 5. The van der Waals surface area contributed by atoms with Gasteiger partial charge in [0.05, 0.1) is 23.9 Å². The summed E-state index contributed by atoms with van der Waals surface area (Å²) in [4.78, 5) is 52.6. The molecule has 0 aliphatic carbocycles. The molecule has 0 unspecified atom stereocenters. The summed E-state index contributed by atoms with van der Waals surface area (Å²) in [7, 11) is 0. The molecule has 0 atom stereocenters. The molecule has 152 valence electrons. The zero-order chi connectivity index (χ0) is 21.2. The van der Waals surface area contributed by atoms with Gasteiger partial charge < -0.3 is 9.57 Å². The molecule has 9 heteroatoms. The van der Waals surface area contributed by atoms with Crippen LogP contribution in [0.5, 0.6) is 0 Å². The van der Waals surface area contributed by atoms with Crippen LogP contribution in [0, 0.1) is 0 Å². The van der Waals surface area contributed by atoms with Crippen molar-refractivity contribution in [3.63, 3.8) is 0 Å². The molecule has 1 fully saturated rings. The fraction of sp³-hybridized carbons (Fsp3) is 0.350. The molecule has 0 radical (unpaired) electrons. The Labute approximate surface area is 167 Å². The minimum Gasteiger partial charge on any atom is -0.456 e. The van der Waals surface area contributed by atoms with Gasteiger partial charge in [0.1, 0.15) is 5.60 Å². The lowest BCUT2D eigenvalue weighted by atomic mass is 10.1. The maximum atomic E-state index is 12.4. The van der Waals surface area contributed by atoms with Crippen LogP contribution in [0.1, 0.15) is 59.9 Å². The summed E-state index contributed by atoms with van der Waals surface area (Å²) in [5.74, 6) is -2.42. The Hall–Kier alpha value is -3.49. The quantitative estimate of drug-likeness (QED) is 0.560. The van der Waals surface area contributed by atoms with Gasteiger partial charge in [-0.15, -0.1) is 5.06 Å². The van der Waals surface area contributed by atoms with Gasteiger partial charge in [-0.2, -0.15) is 5.10 Å². The first-order valence-electron chi connectivity index (χ1n) is 9.06. The highest BCUT2D eigenvalue weighted by molar-refractivity contribution is 6.02. The lowest BCUT2D eigenvalue weighted by Gasteiger charge is -2.20. The van der Waals surface area contributed by atoms with E-state index >= 15 is 0 Å². The van der Waals surface area contributed by atoms with E-state index < -0.39 is 29.4 Å². The molecule has 1 aliphatic rings. The first kappa shape index (κ1) is 20.2. The van der Waals surface area contributed by atoms with Gasteiger partial charge in [0, 0.05) is 19.0 Å². The second-order valence-electron chi connectivity index (χ2n) is 7.55. The molecule has 3 rings (SSSR count). The van der Waals surface area contributed by atoms with Gasteiger partial charge in [-0.05, 0) is 32.4 Å². The normalized spacial score (nSPS) is 14.2. The summed E-state index contributed by atoms with van der Waals surface area (Å²) in [5.41, 5.74) is 0.509. The van der Waals surface area contributed by atoms with Crippen molar-refractivity contribution in [2.24, 2.45) is 0 Å². The van der Waals surface area contributed by atoms with Crippen molar-refractivity contribution in [1.82, 2.24) is 14.8 Å². The maximum absolute atomic E-state index is 12.4. The van der Waals surface area contributed by atoms with E-state index in [0.717, 1.165) is 0 Å². The van der Waals surface area contributed by atoms with Gasteiger partial charge in [0.2, 0.25) is 0 Å². The fourth-order valence-corrected chi connectivity index (χ4v) is 2.71. The zero-order valence-corrected chi connectivity index (χ0v) is 16.4. The van der Waals surface area contributed by atoms with Crippen molar-refractivity contribution in [1.29, 1.82) is 0 Å². The van der Waals surface area contributed by atoms with E-state index in [9.17, 15) is 19.2 Å². The third-order valence-electron chi connectivity index (χ3n) is 4.02. The molecular formula is C20H21N3O6. The summed E-state index contributed by atoms with van der Waals surface area (Å²) < 4.78 is 6.88. The number of aromatic nitrogens is 2. The number of imide groups is 1. The lowest BCUT2D eigenvalue weighted by molar-refractivity contribution is -0.172. The Morgan fingerprint density at radius 1 is 1.07 bits per heavy atom. The minimum absolute atomic E-state index is 0.0207. The predicted octanol–water partition coefficient (Wildman–Crippen LogP) is 2.11. The lowest BCUT2D eigenvalue weighted by Crippen LogP contribution is -2.31. The van der Waals surface area contributed by atoms with Crippen LogP contribution in [0.15, 0.2) is 36.7 Å². The number of carbonyl (C=O) groups is 4. The minimum atomic E-state index is -0.861. The van der Waals surface area contributed by atoms with Gasteiger partial charge >= 0.3 is 11.9 Å². The first-order valence-corrected chi connectivity index (χ1v) is 9.06. The average Bonchev–Trinajstić information content (AvgIpc) is 3.22. The van der Waals surface area contributed by atoms with E-state index in [-0.39, 0.29) is 24.9 Å². The van der Waals surface area contributed by atoms with E-state index in [0.29, 0.717) is 16.2 Å². The van der Waals surface area contributed by atoms with Gasteiger partial charge in [-0.25, -0.2) is 9.59 Å². The Kier molecular flexibility index (Phi) is 5.49. The zero-order valence-electron chi connectivity index (χ0n) is 16.4. The van der Waals surface area contributed by atoms with Crippen molar-refractivity contribution >= 4 is 23.8 Å². The summed E-state index contributed by atoms with van der Waals surface area (Å²) in [6.07, 6.45) is 2.72. The average molecular weight is 399 g/mol. The fourth-order valence-electron chi connectivity index (χ4n) is 2.71. The Morgan fingerprint density at radius 3 is 2.38 bits per heavy atom. The summed E-state index contributed by atoms with van der Waals surface area (Å²) in [5, 5.41) is 4.58. The van der Waals surface area contributed by atoms with Crippen molar-refractivity contribution in [3.05, 3.63) is 53.3 Å². The molecule has 2 amide bonds. The van der Waals surface area contributed by atoms with Crippen LogP contribution >= 0.6 is 0 Å². The van der Waals surface area contributed by atoms with Crippen LogP contribution in [0.25, 0.3) is 0 Å². The number of benzene rings is 1. The molecule has 9 nitrogen and oxygen atoms in total. The number of nitrogens with zero attached hydrogens (tertiary/aromatic N) is 3. The number of hydroxylamine groups is 2. The third kappa shape index (κ3) is 4.87. The molecule has 1 saturated heterocycles. The number of ether oxygens (including phenoxy) is 1. The van der Waals surface area contributed by atoms with Crippen molar-refractivity contribution in [3.8, 4) is 0 Å². The number of esters is 1. The maximum Gasteiger partial charge on any atom is 0.367 e. The molecule has 2 heterocycles. The van der Waals surface area contributed by atoms with Crippen LogP contribution in [-0.2, 0) is 25.7 Å². The van der Waals surface area contributed by atoms with Gasteiger partial charge in [0.15, 0.2) is 0 Å². The molecule has 0 saturated carbocycles. The summed E-state index contributed by atoms with van der Waals surface area (Å²) in [6.45, 7) is 5.57. The second kappa shape index (κ2) is 7.86. The van der Waals surface area contributed by atoms with Crippen molar-refractivity contribution in [2.45, 2.75) is 45.8 Å². The highest BCUT2D eigenvalue weighted by atomic mass is 16.7. The number of carbonyl (C=O) groups excluding carboxylic acids is 4. The number of hydrogen-bond acceptors (Lipinski definition) is 7. The first-order chi connectivity index (χ1) is 13.6. The SMILES string of the molecule is CC(C)(C)OC(=O)c1ccccc1Cn1cc(C(=O)ON2C(=O)CCC2=O)cn1. The molecular weight excluding hydrogens is 378 g/mol. The predicted molar refractivity (Wildman–Crippen MR) is 99.4 cm³/mol. The van der Waals surface area contributed by atoms with Crippen LogP contribution < -0.4 is 0 Å². The highest BCUT2D eigenvalue weighted by Gasteiger charge is 2.33. The van der Waals surface area contributed by atoms with E-state index in [4.69, 9.17) is 9.57 Å². The molecule has 1 aromatic heterocycles. The Balaban J connectivity index is 1.72. The van der Waals surface area contributed by atoms with Crippen LogP contribution in [-0.4, -0.2) is 44.2 Å². The van der Waals surface area contributed by atoms with E-state index in [1.54, 1.807) is 45.0 Å². The van der Waals surface area contributed by atoms with Crippen LogP contribution in [0.3, 0.4) is 0 Å². The van der Waals surface area contributed by atoms with Gasteiger partial charge in [-0.3, -0.25) is 14.3 Å². The standard InChI is InChI=1S/C20H21N3O6/c1-20(2,3)28-19(27)15-7-5-4-6-13(15)11-22-12-14(10-21-22)18(26)29-23-16(24)8-9-17(23)25/h4-7,10,12H,8-9,11H2,1-3H3. The van der Waals surface area contributed by atoms with Gasteiger partial charge in [0.25, 0.3) is 11.8 Å². The topological polar surface area (TPSA) is 108 Å². The number of amides is 2. The van der Waals surface area contributed by atoms with Crippen molar-refractivity contribution in [2.75, 3.05) is 0 Å². The monoisotopic (exact) mass is 399 g/mol. The summed E-state index contributed by atoms with van der Waals surface area (Å²) >= 11 is 0. The van der Waals surface area contributed by atoms with Crippen LogP contribution in [0.4, 0.5) is 0 Å². The van der Waals surface area contributed by atoms with Gasteiger partial charge in [-0.1, -0.05) is 18.2 Å². The van der Waals surface area contributed by atoms with E-state index in [1.807, 2.05) is 0 Å². The van der Waals surface area contributed by atoms with Crippen LogP contribution in [0.2, 0.25) is 0 Å². The Bertz CT molecular complexity index is 957. The largest absolute Gasteiger partial charge is 0.456 e.